The highest BCUT2D eigenvalue weighted by atomic mass is 16.5. The standard InChI is InChI=1S/C22H27N3O4/c1-15-23-19-11-18(22(27)24(2)3)12-20(21(19)25(15)9-10-28-4)29-14-17-8-6-5-7-16(17)13-26/h5-8,11-12,26H,9-10,13-14H2,1-4H3. The Hall–Kier alpha value is -2.90. The largest absolute Gasteiger partial charge is 0.487 e. The highest BCUT2D eigenvalue weighted by Gasteiger charge is 2.18. The van der Waals surface area contributed by atoms with Gasteiger partial charge in [-0.15, -0.1) is 0 Å². The zero-order valence-electron chi connectivity index (χ0n) is 17.3. The second kappa shape index (κ2) is 9.07. The zero-order valence-corrected chi connectivity index (χ0v) is 17.3. The number of hydrogen-bond acceptors (Lipinski definition) is 5. The van der Waals surface area contributed by atoms with Gasteiger partial charge in [-0.1, -0.05) is 24.3 Å². The van der Waals surface area contributed by atoms with E-state index in [1.54, 1.807) is 33.3 Å². The monoisotopic (exact) mass is 397 g/mol. The third-order valence-electron chi connectivity index (χ3n) is 4.84. The van der Waals surface area contributed by atoms with Gasteiger partial charge in [0.15, 0.2) is 0 Å². The fourth-order valence-corrected chi connectivity index (χ4v) is 3.30. The zero-order chi connectivity index (χ0) is 21.0. The van der Waals surface area contributed by atoms with E-state index in [-0.39, 0.29) is 19.1 Å². The van der Waals surface area contributed by atoms with Crippen molar-refractivity contribution in [1.82, 2.24) is 14.5 Å². The normalized spacial score (nSPS) is 11.1. The minimum Gasteiger partial charge on any atom is -0.487 e. The van der Waals surface area contributed by atoms with Crippen molar-refractivity contribution in [3.8, 4) is 5.75 Å². The van der Waals surface area contributed by atoms with E-state index >= 15 is 0 Å². The number of hydrogen-bond donors (Lipinski definition) is 1. The summed E-state index contributed by atoms with van der Waals surface area (Å²) >= 11 is 0. The summed E-state index contributed by atoms with van der Waals surface area (Å²) in [6.07, 6.45) is 0. The highest BCUT2D eigenvalue weighted by Crippen LogP contribution is 2.30. The average Bonchev–Trinajstić information content (AvgIpc) is 3.04. The van der Waals surface area contributed by atoms with Gasteiger partial charge in [0.25, 0.3) is 5.91 Å². The lowest BCUT2D eigenvalue weighted by Gasteiger charge is -2.15. The fourth-order valence-electron chi connectivity index (χ4n) is 3.30. The van der Waals surface area contributed by atoms with Crippen LogP contribution in [-0.2, 0) is 24.5 Å². The van der Waals surface area contributed by atoms with Gasteiger partial charge in [-0.3, -0.25) is 4.79 Å². The van der Waals surface area contributed by atoms with Gasteiger partial charge in [-0.25, -0.2) is 4.98 Å². The molecule has 0 radical (unpaired) electrons. The van der Waals surface area contributed by atoms with Crippen molar-refractivity contribution in [3.05, 3.63) is 58.9 Å². The van der Waals surface area contributed by atoms with Crippen molar-refractivity contribution in [2.75, 3.05) is 27.8 Å². The first-order valence-electron chi connectivity index (χ1n) is 9.48. The number of carbonyl (C=O) groups excluding carboxylic acids is 1. The number of imidazole rings is 1. The van der Waals surface area contributed by atoms with Crippen LogP contribution in [-0.4, -0.2) is 53.3 Å². The van der Waals surface area contributed by atoms with Gasteiger partial charge in [-0.05, 0) is 30.2 Å². The Labute approximate surface area is 170 Å². The molecule has 0 aliphatic carbocycles. The van der Waals surface area contributed by atoms with E-state index in [2.05, 4.69) is 4.98 Å². The van der Waals surface area contributed by atoms with E-state index in [1.165, 1.54) is 4.90 Å². The minimum absolute atomic E-state index is 0.0566. The number of aliphatic hydroxyl groups excluding tert-OH is 1. The van der Waals surface area contributed by atoms with Crippen molar-refractivity contribution in [2.45, 2.75) is 26.7 Å². The number of methoxy groups -OCH3 is 1. The van der Waals surface area contributed by atoms with Crippen LogP contribution in [0, 0.1) is 6.92 Å². The summed E-state index contributed by atoms with van der Waals surface area (Å²) in [5.74, 6) is 1.29. The van der Waals surface area contributed by atoms with E-state index in [0.29, 0.717) is 30.0 Å². The molecule has 0 aliphatic heterocycles. The van der Waals surface area contributed by atoms with Gasteiger partial charge < -0.3 is 24.0 Å². The molecule has 0 bridgehead atoms. The summed E-state index contributed by atoms with van der Waals surface area (Å²) in [5.41, 5.74) is 3.76. The third-order valence-corrected chi connectivity index (χ3v) is 4.84. The average molecular weight is 397 g/mol. The van der Waals surface area contributed by atoms with Crippen LogP contribution in [0.25, 0.3) is 11.0 Å². The molecule has 0 spiro atoms. The van der Waals surface area contributed by atoms with Crippen molar-refractivity contribution in [1.29, 1.82) is 0 Å². The molecule has 0 fully saturated rings. The third kappa shape index (κ3) is 4.41. The van der Waals surface area contributed by atoms with Gasteiger partial charge in [0.05, 0.1) is 18.7 Å². The topological polar surface area (TPSA) is 76.8 Å². The van der Waals surface area contributed by atoms with E-state index in [4.69, 9.17) is 9.47 Å². The van der Waals surface area contributed by atoms with Crippen LogP contribution in [0.2, 0.25) is 0 Å². The quantitative estimate of drug-likeness (QED) is 0.633. The van der Waals surface area contributed by atoms with Crippen LogP contribution >= 0.6 is 0 Å². The second-order valence-corrected chi connectivity index (χ2v) is 7.06. The van der Waals surface area contributed by atoms with Crippen LogP contribution in [0.5, 0.6) is 5.75 Å². The molecule has 1 N–H and O–H groups in total. The first-order chi connectivity index (χ1) is 14.0. The van der Waals surface area contributed by atoms with E-state index < -0.39 is 0 Å². The summed E-state index contributed by atoms with van der Waals surface area (Å²) in [4.78, 5) is 18.7. The van der Waals surface area contributed by atoms with Gasteiger partial charge >= 0.3 is 0 Å². The maximum absolute atomic E-state index is 12.6. The smallest absolute Gasteiger partial charge is 0.253 e. The number of ether oxygens (including phenoxy) is 2. The summed E-state index contributed by atoms with van der Waals surface area (Å²) < 4.78 is 13.4. The number of aromatic nitrogens is 2. The predicted molar refractivity (Wildman–Crippen MR) is 111 cm³/mol. The van der Waals surface area contributed by atoms with Gasteiger partial charge in [0, 0.05) is 33.3 Å². The molecule has 1 amide bonds. The number of fused-ring (bicyclic) bond motifs is 1. The lowest BCUT2D eigenvalue weighted by molar-refractivity contribution is 0.0827. The number of nitrogens with zero attached hydrogens (tertiary/aromatic N) is 3. The second-order valence-electron chi connectivity index (χ2n) is 7.06. The molecule has 1 heterocycles. The summed E-state index contributed by atoms with van der Waals surface area (Å²) in [6.45, 7) is 3.31. The van der Waals surface area contributed by atoms with Gasteiger partial charge in [0.2, 0.25) is 0 Å². The molecule has 7 nitrogen and oxygen atoms in total. The number of benzene rings is 2. The van der Waals surface area contributed by atoms with Crippen molar-refractivity contribution < 1.29 is 19.4 Å². The summed E-state index contributed by atoms with van der Waals surface area (Å²) in [7, 11) is 5.09. The molecule has 0 saturated carbocycles. The maximum Gasteiger partial charge on any atom is 0.253 e. The Morgan fingerprint density at radius 1 is 1.21 bits per heavy atom. The Morgan fingerprint density at radius 3 is 2.59 bits per heavy atom. The van der Waals surface area contributed by atoms with E-state index in [9.17, 15) is 9.90 Å². The molecule has 0 aliphatic rings. The van der Waals surface area contributed by atoms with Gasteiger partial charge in [0.1, 0.15) is 23.7 Å². The molecule has 1 aromatic heterocycles. The van der Waals surface area contributed by atoms with Crippen LogP contribution < -0.4 is 4.74 Å². The molecule has 0 atom stereocenters. The number of aliphatic hydroxyl groups is 1. The first-order valence-corrected chi connectivity index (χ1v) is 9.48. The van der Waals surface area contributed by atoms with E-state index in [0.717, 1.165) is 22.5 Å². The highest BCUT2D eigenvalue weighted by molar-refractivity contribution is 5.99. The van der Waals surface area contributed by atoms with Crippen molar-refractivity contribution >= 4 is 16.9 Å². The van der Waals surface area contributed by atoms with Crippen LogP contribution in [0.3, 0.4) is 0 Å². The predicted octanol–water partition coefficient (Wildman–Crippen LogP) is 2.76. The number of amides is 1. The minimum atomic E-state index is -0.114. The number of carbonyl (C=O) groups is 1. The number of rotatable bonds is 8. The van der Waals surface area contributed by atoms with Crippen LogP contribution in [0.4, 0.5) is 0 Å². The maximum atomic E-state index is 12.6. The van der Waals surface area contributed by atoms with Crippen LogP contribution in [0.1, 0.15) is 27.3 Å². The van der Waals surface area contributed by atoms with Crippen molar-refractivity contribution in [2.24, 2.45) is 0 Å². The fraction of sp³-hybridized carbons (Fsp3) is 0.364. The first kappa shape index (κ1) is 20.8. The Morgan fingerprint density at radius 2 is 1.93 bits per heavy atom. The SMILES string of the molecule is COCCn1c(C)nc2cc(C(=O)N(C)C)cc(OCc3ccccc3CO)c21. The van der Waals surface area contributed by atoms with E-state index in [1.807, 2.05) is 35.8 Å². The molecule has 29 heavy (non-hydrogen) atoms. The Balaban J connectivity index is 2.06. The van der Waals surface area contributed by atoms with Crippen LogP contribution in [0.15, 0.2) is 36.4 Å². The molecule has 2 aromatic carbocycles. The Kier molecular flexibility index (Phi) is 6.51. The molecular weight excluding hydrogens is 370 g/mol. The molecular formula is C22H27N3O4. The molecule has 0 saturated heterocycles. The lowest BCUT2D eigenvalue weighted by Crippen LogP contribution is -2.21. The van der Waals surface area contributed by atoms with Gasteiger partial charge in [-0.2, -0.15) is 0 Å². The molecule has 3 aromatic rings. The lowest BCUT2D eigenvalue weighted by atomic mass is 10.1. The Bertz CT molecular complexity index is 1010. The molecule has 7 heteroatoms. The number of aryl methyl sites for hydroxylation is 1. The molecule has 3 rings (SSSR count). The summed E-state index contributed by atoms with van der Waals surface area (Å²) in [6, 6.07) is 11.1. The summed E-state index contributed by atoms with van der Waals surface area (Å²) in [5, 5.41) is 9.58. The molecule has 0 unspecified atom stereocenters. The molecule has 154 valence electrons. The van der Waals surface area contributed by atoms with Crippen molar-refractivity contribution in [3.63, 3.8) is 0 Å².